The van der Waals surface area contributed by atoms with Crippen molar-refractivity contribution in [1.82, 2.24) is 10.6 Å². The summed E-state index contributed by atoms with van der Waals surface area (Å²) in [6.07, 6.45) is 2.14. The van der Waals surface area contributed by atoms with Gasteiger partial charge in [0.05, 0.1) is 6.54 Å². The molecule has 0 saturated carbocycles. The van der Waals surface area contributed by atoms with Crippen molar-refractivity contribution >= 4 is 17.6 Å². The first-order valence-corrected chi connectivity index (χ1v) is 7.98. The molecule has 0 amide bonds. The average molecular weight is 312 g/mol. The van der Waals surface area contributed by atoms with E-state index in [4.69, 9.17) is 16.3 Å². The maximum atomic E-state index is 5.87. The molecule has 118 valence electrons. The molecule has 0 aromatic heterocycles. The van der Waals surface area contributed by atoms with E-state index in [9.17, 15) is 0 Å². The highest BCUT2D eigenvalue weighted by Gasteiger charge is 1.97. The highest BCUT2D eigenvalue weighted by Crippen LogP contribution is 2.10. The summed E-state index contributed by atoms with van der Waals surface area (Å²) in [5, 5.41) is 7.34. The number of guanidine groups is 1. The summed E-state index contributed by atoms with van der Waals surface area (Å²) < 4.78 is 5.32. The van der Waals surface area contributed by atoms with Crippen molar-refractivity contribution < 1.29 is 4.74 Å². The van der Waals surface area contributed by atoms with Crippen LogP contribution in [0.25, 0.3) is 0 Å². The molecule has 1 rings (SSSR count). The molecular formula is C16H26ClN3O. The average Bonchev–Trinajstić information content (AvgIpc) is 2.49. The third-order valence-corrected chi connectivity index (χ3v) is 3.14. The lowest BCUT2D eigenvalue weighted by atomic mass is 10.2. The number of rotatable bonds is 9. The van der Waals surface area contributed by atoms with E-state index in [-0.39, 0.29) is 0 Å². The molecule has 0 heterocycles. The topological polar surface area (TPSA) is 45.7 Å². The van der Waals surface area contributed by atoms with Gasteiger partial charge >= 0.3 is 0 Å². The molecule has 0 radical (unpaired) electrons. The second-order valence-corrected chi connectivity index (χ2v) is 5.09. The molecule has 0 aliphatic carbocycles. The molecular weight excluding hydrogens is 286 g/mol. The third-order valence-electron chi connectivity index (χ3n) is 2.89. The normalized spacial score (nSPS) is 11.5. The van der Waals surface area contributed by atoms with E-state index in [1.165, 1.54) is 0 Å². The zero-order chi connectivity index (χ0) is 15.3. The van der Waals surface area contributed by atoms with E-state index in [1.807, 2.05) is 31.2 Å². The Bertz CT molecular complexity index is 406. The van der Waals surface area contributed by atoms with E-state index in [1.54, 1.807) is 0 Å². The van der Waals surface area contributed by atoms with Crippen LogP contribution < -0.4 is 10.6 Å². The molecule has 5 heteroatoms. The van der Waals surface area contributed by atoms with Gasteiger partial charge in [0.15, 0.2) is 5.96 Å². The standard InChI is InChI=1S/C16H26ClN3O/c1-3-18-16(19-11-5-6-12-21-4-2)20-13-14-7-9-15(17)10-8-14/h7-10H,3-6,11-13H2,1-2H3,(H2,18,19,20). The van der Waals surface area contributed by atoms with Gasteiger partial charge in [0.2, 0.25) is 0 Å². The van der Waals surface area contributed by atoms with Gasteiger partial charge in [0.25, 0.3) is 0 Å². The minimum atomic E-state index is 0.644. The summed E-state index contributed by atoms with van der Waals surface area (Å²) in [7, 11) is 0. The first-order valence-electron chi connectivity index (χ1n) is 7.60. The minimum absolute atomic E-state index is 0.644. The predicted molar refractivity (Wildman–Crippen MR) is 90.0 cm³/mol. The van der Waals surface area contributed by atoms with Crippen molar-refractivity contribution in [3.8, 4) is 0 Å². The molecule has 0 saturated heterocycles. The lowest BCUT2D eigenvalue weighted by Gasteiger charge is -2.11. The van der Waals surface area contributed by atoms with Crippen LogP contribution in [0.15, 0.2) is 29.3 Å². The first kappa shape index (κ1) is 17.8. The second kappa shape index (κ2) is 11.4. The van der Waals surface area contributed by atoms with E-state index in [0.29, 0.717) is 6.54 Å². The van der Waals surface area contributed by atoms with Gasteiger partial charge in [0, 0.05) is 31.3 Å². The van der Waals surface area contributed by atoms with Gasteiger partial charge in [0.1, 0.15) is 0 Å². The van der Waals surface area contributed by atoms with Crippen LogP contribution in [0.2, 0.25) is 5.02 Å². The van der Waals surface area contributed by atoms with Crippen molar-refractivity contribution in [2.45, 2.75) is 33.2 Å². The van der Waals surface area contributed by atoms with Crippen LogP contribution in [0.5, 0.6) is 0 Å². The van der Waals surface area contributed by atoms with E-state index >= 15 is 0 Å². The fourth-order valence-electron chi connectivity index (χ4n) is 1.78. The van der Waals surface area contributed by atoms with Crippen LogP contribution in [0, 0.1) is 0 Å². The van der Waals surface area contributed by atoms with Gasteiger partial charge in [-0.3, -0.25) is 0 Å². The maximum Gasteiger partial charge on any atom is 0.191 e. The number of hydrogen-bond acceptors (Lipinski definition) is 2. The number of nitrogens with zero attached hydrogens (tertiary/aromatic N) is 1. The number of unbranched alkanes of at least 4 members (excludes halogenated alkanes) is 1. The van der Waals surface area contributed by atoms with Crippen LogP contribution in [0.4, 0.5) is 0 Å². The van der Waals surface area contributed by atoms with E-state index < -0.39 is 0 Å². The molecule has 2 N–H and O–H groups in total. The van der Waals surface area contributed by atoms with Crippen LogP contribution in [0.3, 0.4) is 0 Å². The van der Waals surface area contributed by atoms with E-state index in [0.717, 1.165) is 55.7 Å². The number of halogens is 1. The molecule has 1 aromatic carbocycles. The van der Waals surface area contributed by atoms with Crippen LogP contribution in [-0.4, -0.2) is 32.3 Å². The zero-order valence-corrected chi connectivity index (χ0v) is 13.7. The van der Waals surface area contributed by atoms with Gasteiger partial charge in [-0.25, -0.2) is 4.99 Å². The largest absolute Gasteiger partial charge is 0.382 e. The summed E-state index contributed by atoms with van der Waals surface area (Å²) >= 11 is 5.87. The molecule has 4 nitrogen and oxygen atoms in total. The molecule has 0 spiro atoms. The SMILES string of the molecule is CCNC(=NCc1ccc(Cl)cc1)NCCCCOCC. The van der Waals surface area contributed by atoms with Crippen molar-refractivity contribution in [2.75, 3.05) is 26.3 Å². The Hall–Kier alpha value is -1.26. The lowest BCUT2D eigenvalue weighted by Crippen LogP contribution is -2.37. The third kappa shape index (κ3) is 8.58. The number of aliphatic imine (C=N–C) groups is 1. The lowest BCUT2D eigenvalue weighted by molar-refractivity contribution is 0.143. The Kier molecular flexibility index (Phi) is 9.66. The summed E-state index contributed by atoms with van der Waals surface area (Å²) in [6.45, 7) is 8.10. The quantitative estimate of drug-likeness (QED) is 0.418. The van der Waals surface area contributed by atoms with E-state index in [2.05, 4.69) is 22.5 Å². The van der Waals surface area contributed by atoms with Gasteiger partial charge in [-0.2, -0.15) is 0 Å². The smallest absolute Gasteiger partial charge is 0.191 e. The fourth-order valence-corrected chi connectivity index (χ4v) is 1.91. The van der Waals surface area contributed by atoms with Crippen molar-refractivity contribution in [3.63, 3.8) is 0 Å². The molecule has 1 aromatic rings. The Morgan fingerprint density at radius 3 is 2.57 bits per heavy atom. The molecule has 0 atom stereocenters. The Morgan fingerprint density at radius 1 is 1.14 bits per heavy atom. The van der Waals surface area contributed by atoms with Crippen LogP contribution in [-0.2, 0) is 11.3 Å². The predicted octanol–water partition coefficient (Wildman–Crippen LogP) is 3.21. The molecule has 21 heavy (non-hydrogen) atoms. The molecule has 0 fully saturated rings. The Morgan fingerprint density at radius 2 is 1.90 bits per heavy atom. The van der Waals surface area contributed by atoms with Crippen molar-refractivity contribution in [2.24, 2.45) is 4.99 Å². The fraction of sp³-hybridized carbons (Fsp3) is 0.562. The highest BCUT2D eigenvalue weighted by molar-refractivity contribution is 6.30. The Labute approximate surface area is 132 Å². The summed E-state index contributed by atoms with van der Waals surface area (Å²) in [5.41, 5.74) is 1.15. The number of ether oxygens (including phenoxy) is 1. The van der Waals surface area contributed by atoms with Gasteiger partial charge < -0.3 is 15.4 Å². The summed E-state index contributed by atoms with van der Waals surface area (Å²) in [4.78, 5) is 4.57. The number of hydrogen-bond donors (Lipinski definition) is 2. The monoisotopic (exact) mass is 311 g/mol. The molecule has 0 aliphatic heterocycles. The van der Waals surface area contributed by atoms with Gasteiger partial charge in [-0.1, -0.05) is 23.7 Å². The first-order chi connectivity index (χ1) is 10.3. The Balaban J connectivity index is 2.33. The van der Waals surface area contributed by atoms with Crippen molar-refractivity contribution in [1.29, 1.82) is 0 Å². The zero-order valence-electron chi connectivity index (χ0n) is 13.0. The molecule has 0 bridgehead atoms. The van der Waals surface area contributed by atoms with Gasteiger partial charge in [-0.15, -0.1) is 0 Å². The number of nitrogens with one attached hydrogen (secondary N) is 2. The summed E-state index contributed by atoms with van der Waals surface area (Å²) in [5.74, 6) is 0.851. The summed E-state index contributed by atoms with van der Waals surface area (Å²) in [6, 6.07) is 7.77. The molecule has 0 aliphatic rings. The van der Waals surface area contributed by atoms with Crippen molar-refractivity contribution in [3.05, 3.63) is 34.9 Å². The van der Waals surface area contributed by atoms with Crippen LogP contribution >= 0.6 is 11.6 Å². The van der Waals surface area contributed by atoms with Crippen LogP contribution in [0.1, 0.15) is 32.3 Å². The molecule has 0 unspecified atom stereocenters. The number of benzene rings is 1. The minimum Gasteiger partial charge on any atom is -0.382 e. The highest BCUT2D eigenvalue weighted by atomic mass is 35.5. The van der Waals surface area contributed by atoms with Gasteiger partial charge in [-0.05, 0) is 44.4 Å². The second-order valence-electron chi connectivity index (χ2n) is 4.65. The maximum absolute atomic E-state index is 5.87.